The summed E-state index contributed by atoms with van der Waals surface area (Å²) >= 11 is 0. The van der Waals surface area contributed by atoms with Gasteiger partial charge in [-0.3, -0.25) is 4.79 Å². The Bertz CT molecular complexity index is 680. The monoisotopic (exact) mass is 305 g/mol. The first kappa shape index (κ1) is 15.7. The van der Waals surface area contributed by atoms with Crippen LogP contribution in [0, 0.1) is 0 Å². The van der Waals surface area contributed by atoms with Crippen molar-refractivity contribution in [3.8, 4) is 5.75 Å². The third-order valence-corrected chi connectivity index (χ3v) is 3.05. The minimum atomic E-state index is -0.743. The molecule has 0 saturated heterocycles. The topological polar surface area (TPSA) is 107 Å². The summed E-state index contributed by atoms with van der Waals surface area (Å²) in [4.78, 5) is 22.2. The van der Waals surface area contributed by atoms with Crippen molar-refractivity contribution in [2.75, 3.05) is 13.2 Å². The van der Waals surface area contributed by atoms with Gasteiger partial charge in [0.15, 0.2) is 11.3 Å². The van der Waals surface area contributed by atoms with Crippen LogP contribution in [0.4, 0.5) is 4.79 Å². The zero-order valence-electron chi connectivity index (χ0n) is 12.5. The molecule has 0 radical (unpaired) electrons. The van der Waals surface area contributed by atoms with Crippen LogP contribution in [-0.2, 0) is 4.79 Å². The highest BCUT2D eigenvalue weighted by molar-refractivity contribution is 5.85. The minimum Gasteiger partial charge on any atom is -0.490 e. The molecule has 22 heavy (non-hydrogen) atoms. The zero-order valence-corrected chi connectivity index (χ0v) is 12.5. The molecule has 1 unspecified atom stereocenters. The standard InChI is InChI=1S/C15H19N3O4/c1-3-21-11-6-4-5-10-7-12(22-14(10)11)9(2)18-13(19)8-17-15(16)20/h4-7,9H,3,8H2,1-2H3,(H,18,19)(H3,16,17,20). The molecule has 1 atom stereocenters. The van der Waals surface area contributed by atoms with Crippen molar-refractivity contribution in [2.24, 2.45) is 5.73 Å². The number of para-hydroxylation sites is 1. The summed E-state index contributed by atoms with van der Waals surface area (Å²) in [6.07, 6.45) is 0. The summed E-state index contributed by atoms with van der Waals surface area (Å²) in [5.41, 5.74) is 5.57. The first-order valence-electron chi connectivity index (χ1n) is 6.99. The van der Waals surface area contributed by atoms with Gasteiger partial charge in [0.25, 0.3) is 0 Å². The molecule has 3 amide bonds. The molecule has 0 aliphatic carbocycles. The van der Waals surface area contributed by atoms with E-state index in [0.717, 1.165) is 5.39 Å². The maximum Gasteiger partial charge on any atom is 0.312 e. The van der Waals surface area contributed by atoms with Gasteiger partial charge in [-0.1, -0.05) is 12.1 Å². The lowest BCUT2D eigenvalue weighted by Crippen LogP contribution is -2.40. The Morgan fingerprint density at radius 2 is 2.18 bits per heavy atom. The summed E-state index contributed by atoms with van der Waals surface area (Å²) < 4.78 is 11.3. The van der Waals surface area contributed by atoms with E-state index in [4.69, 9.17) is 14.9 Å². The summed E-state index contributed by atoms with van der Waals surface area (Å²) in [5.74, 6) is 0.923. The number of rotatable bonds is 6. The second kappa shape index (κ2) is 6.84. The Balaban J connectivity index is 2.11. The highest BCUT2D eigenvalue weighted by atomic mass is 16.5. The molecule has 0 saturated carbocycles. The number of furan rings is 1. The molecule has 1 heterocycles. The van der Waals surface area contributed by atoms with Crippen LogP contribution >= 0.6 is 0 Å². The van der Waals surface area contributed by atoms with Gasteiger partial charge in [-0.2, -0.15) is 0 Å². The maximum atomic E-state index is 11.7. The average molecular weight is 305 g/mol. The molecule has 7 heteroatoms. The fourth-order valence-electron chi connectivity index (χ4n) is 2.07. The number of hydrogen-bond donors (Lipinski definition) is 3. The van der Waals surface area contributed by atoms with Gasteiger partial charge in [0.2, 0.25) is 5.91 Å². The zero-order chi connectivity index (χ0) is 16.1. The number of benzene rings is 1. The second-order valence-corrected chi connectivity index (χ2v) is 4.76. The molecule has 118 valence electrons. The van der Waals surface area contributed by atoms with Gasteiger partial charge < -0.3 is 25.5 Å². The number of ether oxygens (including phenoxy) is 1. The Kier molecular flexibility index (Phi) is 4.88. The molecule has 4 N–H and O–H groups in total. The maximum absolute atomic E-state index is 11.7. The Morgan fingerprint density at radius 1 is 1.41 bits per heavy atom. The van der Waals surface area contributed by atoms with Gasteiger partial charge in [-0.15, -0.1) is 0 Å². The van der Waals surface area contributed by atoms with E-state index in [1.54, 1.807) is 6.92 Å². The van der Waals surface area contributed by atoms with Gasteiger partial charge in [-0.25, -0.2) is 4.79 Å². The third-order valence-electron chi connectivity index (χ3n) is 3.05. The fraction of sp³-hybridized carbons (Fsp3) is 0.333. The van der Waals surface area contributed by atoms with Crippen LogP contribution in [0.1, 0.15) is 25.6 Å². The largest absolute Gasteiger partial charge is 0.490 e. The van der Waals surface area contributed by atoms with Crippen molar-refractivity contribution in [1.29, 1.82) is 0 Å². The van der Waals surface area contributed by atoms with E-state index in [-0.39, 0.29) is 18.5 Å². The minimum absolute atomic E-state index is 0.176. The van der Waals surface area contributed by atoms with Crippen LogP contribution in [0.15, 0.2) is 28.7 Å². The smallest absolute Gasteiger partial charge is 0.312 e. The highest BCUT2D eigenvalue weighted by Gasteiger charge is 2.16. The van der Waals surface area contributed by atoms with Gasteiger partial charge in [-0.05, 0) is 26.0 Å². The molecule has 7 nitrogen and oxygen atoms in total. The van der Waals surface area contributed by atoms with Crippen LogP contribution in [0.5, 0.6) is 5.75 Å². The van der Waals surface area contributed by atoms with Crippen molar-refractivity contribution in [1.82, 2.24) is 10.6 Å². The molecular formula is C15H19N3O4. The Hall–Kier alpha value is -2.70. The van der Waals surface area contributed by atoms with Gasteiger partial charge in [0.05, 0.1) is 19.2 Å². The van der Waals surface area contributed by atoms with E-state index in [1.807, 2.05) is 31.2 Å². The third kappa shape index (κ3) is 3.69. The molecule has 1 aromatic heterocycles. The molecule has 2 rings (SSSR count). The normalized spacial score (nSPS) is 11.9. The number of carbonyl (C=O) groups excluding carboxylic acids is 2. The summed E-state index contributed by atoms with van der Waals surface area (Å²) in [6.45, 7) is 4.06. The SMILES string of the molecule is CCOc1cccc2cc(C(C)NC(=O)CNC(N)=O)oc12. The van der Waals surface area contributed by atoms with Crippen LogP contribution in [-0.4, -0.2) is 25.1 Å². The first-order valence-corrected chi connectivity index (χ1v) is 6.99. The van der Waals surface area contributed by atoms with Crippen molar-refractivity contribution >= 4 is 22.9 Å². The number of hydrogen-bond acceptors (Lipinski definition) is 4. The number of amides is 3. The van der Waals surface area contributed by atoms with Crippen LogP contribution < -0.4 is 21.1 Å². The molecule has 2 aromatic rings. The lowest BCUT2D eigenvalue weighted by molar-refractivity contribution is -0.120. The van der Waals surface area contributed by atoms with E-state index < -0.39 is 6.03 Å². The number of urea groups is 1. The van der Waals surface area contributed by atoms with Gasteiger partial charge >= 0.3 is 6.03 Å². The van der Waals surface area contributed by atoms with Gasteiger partial charge in [0, 0.05) is 5.39 Å². The summed E-state index contributed by atoms with van der Waals surface area (Å²) in [5, 5.41) is 5.85. The lowest BCUT2D eigenvalue weighted by Gasteiger charge is -2.11. The fourth-order valence-corrected chi connectivity index (χ4v) is 2.07. The van der Waals surface area contributed by atoms with Crippen molar-refractivity contribution in [2.45, 2.75) is 19.9 Å². The quantitative estimate of drug-likeness (QED) is 0.754. The summed E-state index contributed by atoms with van der Waals surface area (Å²) in [6, 6.07) is 6.39. The van der Waals surface area contributed by atoms with Gasteiger partial charge in [0.1, 0.15) is 5.76 Å². The molecule has 0 aliphatic rings. The van der Waals surface area contributed by atoms with Crippen LogP contribution in [0.25, 0.3) is 11.0 Å². The van der Waals surface area contributed by atoms with E-state index in [1.165, 1.54) is 0 Å². The number of nitrogens with one attached hydrogen (secondary N) is 2. The second-order valence-electron chi connectivity index (χ2n) is 4.76. The summed E-state index contributed by atoms with van der Waals surface area (Å²) in [7, 11) is 0. The highest BCUT2D eigenvalue weighted by Crippen LogP contribution is 2.31. The van der Waals surface area contributed by atoms with E-state index in [2.05, 4.69) is 10.6 Å². The number of fused-ring (bicyclic) bond motifs is 1. The molecule has 0 bridgehead atoms. The van der Waals surface area contributed by atoms with E-state index >= 15 is 0 Å². The van der Waals surface area contributed by atoms with Crippen molar-refractivity contribution in [3.63, 3.8) is 0 Å². The van der Waals surface area contributed by atoms with E-state index in [0.29, 0.717) is 23.7 Å². The molecular weight excluding hydrogens is 286 g/mol. The van der Waals surface area contributed by atoms with Crippen molar-refractivity contribution in [3.05, 3.63) is 30.0 Å². The number of primary amides is 1. The number of carbonyl (C=O) groups is 2. The first-order chi connectivity index (χ1) is 10.5. The molecule has 0 aliphatic heterocycles. The lowest BCUT2D eigenvalue weighted by atomic mass is 10.2. The Morgan fingerprint density at radius 3 is 2.86 bits per heavy atom. The van der Waals surface area contributed by atoms with Crippen LogP contribution in [0.3, 0.4) is 0 Å². The predicted octanol–water partition coefficient (Wildman–Crippen LogP) is 1.68. The van der Waals surface area contributed by atoms with Crippen molar-refractivity contribution < 1.29 is 18.7 Å². The molecule has 0 spiro atoms. The molecule has 1 aromatic carbocycles. The molecule has 0 fully saturated rings. The van der Waals surface area contributed by atoms with Crippen LogP contribution in [0.2, 0.25) is 0 Å². The van der Waals surface area contributed by atoms with E-state index in [9.17, 15) is 9.59 Å². The predicted molar refractivity (Wildman–Crippen MR) is 81.5 cm³/mol. The Labute approximate surface area is 127 Å². The average Bonchev–Trinajstić information content (AvgIpc) is 2.90. The number of nitrogens with two attached hydrogens (primary N) is 1.